The Hall–Kier alpha value is -2.37. The van der Waals surface area contributed by atoms with Crippen LogP contribution in [0.25, 0.3) is 0 Å². The van der Waals surface area contributed by atoms with Crippen LogP contribution in [0.2, 0.25) is 0 Å². The molecule has 2 unspecified atom stereocenters. The van der Waals surface area contributed by atoms with Gasteiger partial charge in [-0.25, -0.2) is 0 Å². The number of carbonyl (C=O) groups excluding carboxylic acids is 3. The molecule has 2 rings (SSSR count). The van der Waals surface area contributed by atoms with Crippen LogP contribution in [0.15, 0.2) is 24.3 Å². The molecule has 0 saturated carbocycles. The van der Waals surface area contributed by atoms with E-state index in [2.05, 4.69) is 0 Å². The predicted octanol–water partition coefficient (Wildman–Crippen LogP) is 1.18. The highest BCUT2D eigenvalue weighted by molar-refractivity contribution is 6.12. The Morgan fingerprint density at radius 1 is 1.33 bits per heavy atom. The van der Waals surface area contributed by atoms with Crippen molar-refractivity contribution < 1.29 is 23.9 Å². The van der Waals surface area contributed by atoms with Crippen molar-refractivity contribution in [3.05, 3.63) is 24.3 Å². The highest BCUT2D eigenvalue weighted by Gasteiger charge is 2.53. The molecule has 21 heavy (non-hydrogen) atoms. The van der Waals surface area contributed by atoms with Gasteiger partial charge in [0.05, 0.1) is 7.11 Å². The number of anilines is 1. The molecule has 0 aromatic heterocycles. The first kappa shape index (κ1) is 15.0. The largest absolute Gasteiger partial charge is 0.497 e. The van der Waals surface area contributed by atoms with E-state index < -0.39 is 18.1 Å². The van der Waals surface area contributed by atoms with Gasteiger partial charge in [0.25, 0.3) is 6.47 Å². The minimum absolute atomic E-state index is 0.142. The molecule has 0 radical (unpaired) electrons. The lowest BCUT2D eigenvalue weighted by Gasteiger charge is -2.47. The molecule has 1 heterocycles. The summed E-state index contributed by atoms with van der Waals surface area (Å²) in [5, 5.41) is 0. The highest BCUT2D eigenvalue weighted by atomic mass is 16.5. The number of rotatable bonds is 6. The number of carbonyl (C=O) groups is 3. The van der Waals surface area contributed by atoms with Crippen molar-refractivity contribution >= 4 is 23.9 Å². The van der Waals surface area contributed by atoms with Gasteiger partial charge in [0, 0.05) is 5.69 Å². The van der Waals surface area contributed by atoms with Gasteiger partial charge in [-0.1, -0.05) is 0 Å². The lowest BCUT2D eigenvalue weighted by Crippen LogP contribution is -2.67. The van der Waals surface area contributed by atoms with Crippen LogP contribution in [-0.2, 0) is 19.1 Å². The number of methoxy groups -OCH3 is 1. The third-order valence-corrected chi connectivity index (χ3v) is 3.68. The molecule has 6 heteroatoms. The van der Waals surface area contributed by atoms with Crippen LogP contribution in [0.1, 0.15) is 13.8 Å². The molecular weight excluding hydrogens is 274 g/mol. The van der Waals surface area contributed by atoms with Gasteiger partial charge in [-0.3, -0.25) is 14.4 Å². The van der Waals surface area contributed by atoms with E-state index in [1.165, 1.54) is 11.8 Å². The summed E-state index contributed by atoms with van der Waals surface area (Å²) in [4.78, 5) is 36.0. The van der Waals surface area contributed by atoms with E-state index in [9.17, 15) is 14.4 Å². The molecule has 1 fully saturated rings. The Bertz CT molecular complexity index is 554. The lowest BCUT2D eigenvalue weighted by atomic mass is 9.80. The van der Waals surface area contributed by atoms with E-state index in [4.69, 9.17) is 9.47 Å². The number of hydrogen-bond acceptors (Lipinski definition) is 5. The Morgan fingerprint density at radius 2 is 1.95 bits per heavy atom. The molecule has 1 saturated heterocycles. The predicted molar refractivity (Wildman–Crippen MR) is 75.1 cm³/mol. The maximum Gasteiger partial charge on any atom is 0.293 e. The van der Waals surface area contributed by atoms with E-state index in [1.807, 2.05) is 0 Å². The molecular formula is C15H17NO5. The zero-order valence-electron chi connectivity index (χ0n) is 12.1. The van der Waals surface area contributed by atoms with Gasteiger partial charge in [0.15, 0.2) is 5.78 Å². The Balaban J connectivity index is 2.25. The summed E-state index contributed by atoms with van der Waals surface area (Å²) < 4.78 is 9.88. The number of β-lactam (4-membered cyclic amide) rings is 1. The molecule has 3 atom stereocenters. The standard InChI is InChI=1S/C15H17NO5/c1-9(18)14-13(10(2)21-8-17)15(19)16(14)11-4-6-12(20-3)7-5-11/h4-8,10,13-14H,1-3H3/t10-,13?,14?/m0/s1. The van der Waals surface area contributed by atoms with E-state index in [0.29, 0.717) is 17.9 Å². The maximum absolute atomic E-state index is 12.3. The molecule has 1 aromatic carbocycles. The first-order valence-corrected chi connectivity index (χ1v) is 6.58. The fourth-order valence-corrected chi connectivity index (χ4v) is 2.61. The first-order valence-electron chi connectivity index (χ1n) is 6.58. The minimum atomic E-state index is -0.630. The van der Waals surface area contributed by atoms with Crippen LogP contribution in [-0.4, -0.2) is 37.4 Å². The molecule has 0 spiro atoms. The second-order valence-electron chi connectivity index (χ2n) is 4.92. The van der Waals surface area contributed by atoms with Gasteiger partial charge >= 0.3 is 0 Å². The topological polar surface area (TPSA) is 72.9 Å². The molecule has 112 valence electrons. The van der Waals surface area contributed by atoms with Crippen LogP contribution in [0.5, 0.6) is 5.75 Å². The van der Waals surface area contributed by atoms with E-state index in [1.54, 1.807) is 38.3 Å². The molecule has 1 aliphatic rings. The number of Topliss-reactive ketones (excluding diaryl/α,β-unsaturated/α-hetero) is 1. The van der Waals surface area contributed by atoms with E-state index >= 15 is 0 Å². The summed E-state index contributed by atoms with van der Waals surface area (Å²) in [7, 11) is 1.55. The number of nitrogens with zero attached hydrogens (tertiary/aromatic N) is 1. The van der Waals surface area contributed by atoms with Crippen molar-refractivity contribution in [2.45, 2.75) is 26.0 Å². The summed E-state index contributed by atoms with van der Waals surface area (Å²) in [6, 6.07) is 6.26. The van der Waals surface area contributed by atoms with Gasteiger partial charge in [0.1, 0.15) is 23.8 Å². The van der Waals surface area contributed by atoms with Crippen LogP contribution in [0.4, 0.5) is 5.69 Å². The average Bonchev–Trinajstić information content (AvgIpc) is 2.45. The first-order chi connectivity index (χ1) is 10.0. The number of amides is 1. The number of ether oxygens (including phenoxy) is 2. The second-order valence-corrected chi connectivity index (χ2v) is 4.92. The minimum Gasteiger partial charge on any atom is -0.497 e. The SMILES string of the molecule is COc1ccc(N2C(=O)C([C@H](C)OC=O)C2C(C)=O)cc1. The third kappa shape index (κ3) is 2.61. The van der Waals surface area contributed by atoms with Gasteiger partial charge in [0.2, 0.25) is 5.91 Å². The van der Waals surface area contributed by atoms with Crippen molar-refractivity contribution in [1.29, 1.82) is 0 Å². The average molecular weight is 291 g/mol. The van der Waals surface area contributed by atoms with Crippen molar-refractivity contribution in [3.63, 3.8) is 0 Å². The Morgan fingerprint density at radius 3 is 2.43 bits per heavy atom. The number of hydrogen-bond donors (Lipinski definition) is 0. The molecule has 1 amide bonds. The summed E-state index contributed by atoms with van der Waals surface area (Å²) in [5.74, 6) is -0.332. The smallest absolute Gasteiger partial charge is 0.293 e. The maximum atomic E-state index is 12.3. The normalized spacial score (nSPS) is 22.2. The van der Waals surface area contributed by atoms with Crippen molar-refractivity contribution in [2.75, 3.05) is 12.0 Å². The van der Waals surface area contributed by atoms with Gasteiger partial charge in [-0.05, 0) is 38.1 Å². The lowest BCUT2D eigenvalue weighted by molar-refractivity contribution is -0.149. The molecule has 1 aliphatic heterocycles. The van der Waals surface area contributed by atoms with Crippen LogP contribution in [0, 0.1) is 5.92 Å². The molecule has 0 aliphatic carbocycles. The van der Waals surface area contributed by atoms with Crippen LogP contribution in [0.3, 0.4) is 0 Å². The number of ketones is 1. The van der Waals surface area contributed by atoms with E-state index in [-0.39, 0.29) is 11.7 Å². The van der Waals surface area contributed by atoms with Gasteiger partial charge in [-0.2, -0.15) is 0 Å². The van der Waals surface area contributed by atoms with Gasteiger partial charge < -0.3 is 14.4 Å². The summed E-state index contributed by atoms with van der Waals surface area (Å²) in [6.45, 7) is 3.33. The van der Waals surface area contributed by atoms with Crippen molar-refractivity contribution in [3.8, 4) is 5.75 Å². The zero-order chi connectivity index (χ0) is 15.6. The molecule has 0 N–H and O–H groups in total. The monoisotopic (exact) mass is 291 g/mol. The highest BCUT2D eigenvalue weighted by Crippen LogP contribution is 2.36. The fraction of sp³-hybridized carbons (Fsp3) is 0.400. The summed E-state index contributed by atoms with van der Waals surface area (Å²) >= 11 is 0. The zero-order valence-corrected chi connectivity index (χ0v) is 12.1. The van der Waals surface area contributed by atoms with Crippen molar-refractivity contribution in [2.24, 2.45) is 5.92 Å². The van der Waals surface area contributed by atoms with E-state index in [0.717, 1.165) is 0 Å². The summed E-state index contributed by atoms with van der Waals surface area (Å²) in [6.07, 6.45) is -0.626. The molecule has 0 bridgehead atoms. The molecule has 1 aromatic rings. The van der Waals surface area contributed by atoms with Crippen molar-refractivity contribution in [1.82, 2.24) is 0 Å². The van der Waals surface area contributed by atoms with Crippen LogP contribution >= 0.6 is 0 Å². The van der Waals surface area contributed by atoms with Gasteiger partial charge in [-0.15, -0.1) is 0 Å². The fourth-order valence-electron chi connectivity index (χ4n) is 2.61. The Kier molecular flexibility index (Phi) is 4.26. The second kappa shape index (κ2) is 5.95. The Labute approximate surface area is 122 Å². The summed E-state index contributed by atoms with van der Waals surface area (Å²) in [5.41, 5.74) is 0.621. The molecule has 6 nitrogen and oxygen atoms in total. The third-order valence-electron chi connectivity index (χ3n) is 3.68. The quantitative estimate of drug-likeness (QED) is 0.581. The number of benzene rings is 1. The van der Waals surface area contributed by atoms with Crippen LogP contribution < -0.4 is 9.64 Å².